The van der Waals surface area contributed by atoms with Gasteiger partial charge in [0.25, 0.3) is 0 Å². The number of carbonyl (C=O) groups excluding carboxylic acids is 1. The minimum atomic E-state index is 0.0157. The van der Waals surface area contributed by atoms with Gasteiger partial charge < -0.3 is 4.90 Å². The zero-order valence-electron chi connectivity index (χ0n) is 9.76. The molecule has 0 saturated carbocycles. The molecule has 0 spiro atoms. The van der Waals surface area contributed by atoms with Crippen LogP contribution in [0.3, 0.4) is 0 Å². The third kappa shape index (κ3) is 4.13. The monoisotopic (exact) mass is 215 g/mol. The molecule has 0 aliphatic rings. The SMILES string of the molecule is C/C=C/C=C/C(=O)N(C)Cc1ccccc1. The van der Waals surface area contributed by atoms with Crippen molar-refractivity contribution in [2.45, 2.75) is 13.5 Å². The first-order chi connectivity index (χ1) is 7.74. The van der Waals surface area contributed by atoms with Crippen LogP contribution < -0.4 is 0 Å². The molecule has 16 heavy (non-hydrogen) atoms. The average Bonchev–Trinajstić information content (AvgIpc) is 2.30. The van der Waals surface area contributed by atoms with Crippen molar-refractivity contribution in [1.82, 2.24) is 4.90 Å². The van der Waals surface area contributed by atoms with E-state index in [1.807, 2.05) is 49.4 Å². The van der Waals surface area contributed by atoms with Crippen molar-refractivity contribution >= 4 is 5.91 Å². The molecular formula is C14H17NO. The van der Waals surface area contributed by atoms with Crippen LogP contribution in [-0.4, -0.2) is 17.9 Å². The van der Waals surface area contributed by atoms with Gasteiger partial charge >= 0.3 is 0 Å². The quantitative estimate of drug-likeness (QED) is 0.558. The summed E-state index contributed by atoms with van der Waals surface area (Å²) < 4.78 is 0. The van der Waals surface area contributed by atoms with Crippen molar-refractivity contribution in [1.29, 1.82) is 0 Å². The number of allylic oxidation sites excluding steroid dienone is 3. The normalized spacial score (nSPS) is 11.1. The van der Waals surface area contributed by atoms with Crippen LogP contribution in [-0.2, 0) is 11.3 Å². The molecule has 0 heterocycles. The van der Waals surface area contributed by atoms with Gasteiger partial charge in [-0.25, -0.2) is 0 Å². The predicted molar refractivity (Wildman–Crippen MR) is 66.9 cm³/mol. The average molecular weight is 215 g/mol. The van der Waals surface area contributed by atoms with Gasteiger partial charge in [0, 0.05) is 19.7 Å². The van der Waals surface area contributed by atoms with Crippen molar-refractivity contribution in [3.63, 3.8) is 0 Å². The van der Waals surface area contributed by atoms with Gasteiger partial charge in [0.05, 0.1) is 0 Å². The molecule has 0 N–H and O–H groups in total. The van der Waals surface area contributed by atoms with Gasteiger partial charge in [-0.3, -0.25) is 4.79 Å². The topological polar surface area (TPSA) is 20.3 Å². The van der Waals surface area contributed by atoms with Gasteiger partial charge in [-0.15, -0.1) is 0 Å². The summed E-state index contributed by atoms with van der Waals surface area (Å²) in [5.74, 6) is 0.0157. The highest BCUT2D eigenvalue weighted by Gasteiger charge is 2.04. The number of hydrogen-bond donors (Lipinski definition) is 0. The van der Waals surface area contributed by atoms with E-state index in [1.165, 1.54) is 0 Å². The number of likely N-dealkylation sites (N-methyl/N-ethyl adjacent to an activating group) is 1. The zero-order valence-corrected chi connectivity index (χ0v) is 9.76. The van der Waals surface area contributed by atoms with Crippen LogP contribution in [0, 0.1) is 0 Å². The van der Waals surface area contributed by atoms with E-state index in [-0.39, 0.29) is 5.91 Å². The minimum Gasteiger partial charge on any atom is -0.338 e. The first kappa shape index (κ1) is 12.2. The van der Waals surface area contributed by atoms with Crippen molar-refractivity contribution < 1.29 is 4.79 Å². The van der Waals surface area contributed by atoms with Crippen LogP contribution in [0.15, 0.2) is 54.6 Å². The van der Waals surface area contributed by atoms with E-state index in [0.29, 0.717) is 6.54 Å². The number of hydrogen-bond acceptors (Lipinski definition) is 1. The Morgan fingerprint density at radius 1 is 1.25 bits per heavy atom. The van der Waals surface area contributed by atoms with Gasteiger partial charge in [-0.05, 0) is 12.5 Å². The fraction of sp³-hybridized carbons (Fsp3) is 0.214. The molecule has 0 saturated heterocycles. The summed E-state index contributed by atoms with van der Waals surface area (Å²) in [7, 11) is 1.80. The Bertz CT molecular complexity index is 379. The first-order valence-electron chi connectivity index (χ1n) is 5.32. The molecule has 0 radical (unpaired) electrons. The van der Waals surface area contributed by atoms with Crippen molar-refractivity contribution in [2.75, 3.05) is 7.05 Å². The third-order valence-corrected chi connectivity index (χ3v) is 2.18. The van der Waals surface area contributed by atoms with Crippen molar-refractivity contribution in [3.8, 4) is 0 Å². The van der Waals surface area contributed by atoms with E-state index in [4.69, 9.17) is 0 Å². The van der Waals surface area contributed by atoms with Crippen molar-refractivity contribution in [3.05, 3.63) is 60.2 Å². The smallest absolute Gasteiger partial charge is 0.246 e. The summed E-state index contributed by atoms with van der Waals surface area (Å²) >= 11 is 0. The van der Waals surface area contributed by atoms with E-state index in [2.05, 4.69) is 0 Å². The molecule has 0 aromatic heterocycles. The van der Waals surface area contributed by atoms with Gasteiger partial charge in [0.1, 0.15) is 0 Å². The summed E-state index contributed by atoms with van der Waals surface area (Å²) in [4.78, 5) is 13.3. The molecule has 0 fully saturated rings. The number of rotatable bonds is 4. The summed E-state index contributed by atoms with van der Waals surface area (Å²) in [6, 6.07) is 9.95. The Hall–Kier alpha value is -1.83. The highest BCUT2D eigenvalue weighted by molar-refractivity contribution is 5.87. The molecule has 0 aliphatic carbocycles. The molecule has 1 aromatic rings. The molecule has 0 unspecified atom stereocenters. The van der Waals surface area contributed by atoms with Crippen LogP contribution in [0.2, 0.25) is 0 Å². The molecule has 2 heteroatoms. The second-order valence-corrected chi connectivity index (χ2v) is 3.56. The number of nitrogens with zero attached hydrogens (tertiary/aromatic N) is 1. The Kier molecular flexibility index (Phi) is 5.06. The fourth-order valence-electron chi connectivity index (χ4n) is 1.31. The zero-order chi connectivity index (χ0) is 11.8. The van der Waals surface area contributed by atoms with Crippen LogP contribution in [0.25, 0.3) is 0 Å². The molecule has 2 nitrogen and oxygen atoms in total. The molecular weight excluding hydrogens is 198 g/mol. The predicted octanol–water partition coefficient (Wildman–Crippen LogP) is 2.78. The molecule has 1 aromatic carbocycles. The lowest BCUT2D eigenvalue weighted by Gasteiger charge is -2.14. The lowest BCUT2D eigenvalue weighted by molar-refractivity contribution is -0.125. The van der Waals surface area contributed by atoms with Crippen LogP contribution in [0.5, 0.6) is 0 Å². The molecule has 84 valence electrons. The molecule has 1 amide bonds. The van der Waals surface area contributed by atoms with Crippen LogP contribution >= 0.6 is 0 Å². The van der Waals surface area contributed by atoms with Gasteiger partial charge in [-0.2, -0.15) is 0 Å². The summed E-state index contributed by atoms with van der Waals surface area (Å²) in [6.45, 7) is 2.56. The lowest BCUT2D eigenvalue weighted by atomic mass is 10.2. The second kappa shape index (κ2) is 6.62. The van der Waals surface area contributed by atoms with E-state index >= 15 is 0 Å². The number of carbonyl (C=O) groups is 1. The number of amides is 1. The van der Waals surface area contributed by atoms with Crippen LogP contribution in [0.1, 0.15) is 12.5 Å². The fourth-order valence-corrected chi connectivity index (χ4v) is 1.31. The first-order valence-corrected chi connectivity index (χ1v) is 5.32. The van der Waals surface area contributed by atoms with Crippen molar-refractivity contribution in [2.24, 2.45) is 0 Å². The highest BCUT2D eigenvalue weighted by atomic mass is 16.2. The number of benzene rings is 1. The Morgan fingerprint density at radius 2 is 1.94 bits per heavy atom. The van der Waals surface area contributed by atoms with E-state index in [9.17, 15) is 4.79 Å². The van der Waals surface area contributed by atoms with Gasteiger partial charge in [0.2, 0.25) is 5.91 Å². The highest BCUT2D eigenvalue weighted by Crippen LogP contribution is 2.02. The van der Waals surface area contributed by atoms with Crippen LogP contribution in [0.4, 0.5) is 0 Å². The molecule has 1 rings (SSSR count). The maximum absolute atomic E-state index is 11.6. The summed E-state index contributed by atoms with van der Waals surface area (Å²) in [5.41, 5.74) is 1.14. The van der Waals surface area contributed by atoms with E-state index in [0.717, 1.165) is 5.56 Å². The Balaban J connectivity index is 2.52. The molecule has 0 aliphatic heterocycles. The Morgan fingerprint density at radius 3 is 2.56 bits per heavy atom. The van der Waals surface area contributed by atoms with E-state index < -0.39 is 0 Å². The third-order valence-electron chi connectivity index (χ3n) is 2.18. The second-order valence-electron chi connectivity index (χ2n) is 3.56. The van der Waals surface area contributed by atoms with Gasteiger partial charge in [-0.1, -0.05) is 48.6 Å². The molecule has 0 bridgehead atoms. The maximum Gasteiger partial charge on any atom is 0.246 e. The summed E-state index contributed by atoms with van der Waals surface area (Å²) in [5, 5.41) is 0. The van der Waals surface area contributed by atoms with Gasteiger partial charge in [0.15, 0.2) is 0 Å². The maximum atomic E-state index is 11.6. The Labute approximate surface area is 96.9 Å². The molecule has 0 atom stereocenters. The minimum absolute atomic E-state index is 0.0157. The standard InChI is InChI=1S/C14H17NO/c1-3-4-6-11-14(16)15(2)12-13-9-7-5-8-10-13/h3-11H,12H2,1-2H3/b4-3+,11-6+. The van der Waals surface area contributed by atoms with E-state index in [1.54, 1.807) is 24.1 Å². The largest absolute Gasteiger partial charge is 0.338 e. The summed E-state index contributed by atoms with van der Waals surface area (Å²) in [6.07, 6.45) is 7.06. The lowest BCUT2D eigenvalue weighted by Crippen LogP contribution is -2.23.